The minimum Gasteiger partial charge on any atom is -0.422 e. The molecule has 0 radical (unpaired) electrons. The number of nitrogens with one attached hydrogen (secondary N) is 3. The molecule has 21 heteroatoms. The number of nitrogens with zero attached hydrogens (tertiary/aromatic N) is 7. The number of ether oxygens (including phenoxy) is 1. The van der Waals surface area contributed by atoms with Crippen LogP contribution in [-0.4, -0.2) is 95.4 Å². The summed E-state index contributed by atoms with van der Waals surface area (Å²) < 4.78 is 62.9. The molecule has 4 aromatic carbocycles. The molecular formula is C62H71ClF4N10O6. The van der Waals surface area contributed by atoms with Crippen LogP contribution in [0.4, 0.5) is 17.6 Å². The Morgan fingerprint density at radius 2 is 1.31 bits per heavy atom. The van der Waals surface area contributed by atoms with E-state index in [0.29, 0.717) is 61.7 Å². The second-order valence-electron chi connectivity index (χ2n) is 24.7. The number of rotatable bonds is 16. The number of alkyl halides is 3. The molecule has 5 aromatic rings. The lowest BCUT2D eigenvalue weighted by Gasteiger charge is -2.47. The molecule has 3 N–H and O–H groups in total. The number of esters is 1. The number of benzene rings is 4. The van der Waals surface area contributed by atoms with E-state index in [1.165, 1.54) is 18.2 Å². The van der Waals surface area contributed by atoms with Gasteiger partial charge in [-0.3, -0.25) is 34.0 Å². The molecule has 9 rings (SSSR count). The van der Waals surface area contributed by atoms with Gasteiger partial charge in [0.25, 0.3) is 23.6 Å². The van der Waals surface area contributed by atoms with Crippen LogP contribution in [0.5, 0.6) is 5.75 Å². The van der Waals surface area contributed by atoms with Gasteiger partial charge in [-0.25, -0.2) is 4.39 Å². The molecule has 2 fully saturated rings. The van der Waals surface area contributed by atoms with E-state index in [9.17, 15) is 37.1 Å². The standard InChI is InChI=1S/C62H71ClF4N10O6/c1-9-48(38-17-19-40(20-18-38)55(80)69-35-49-72-74-75-73-49)77-57(82)52(71-61(77)28-23-44(24-29-61)59(6,7)8)42-33-46(63)53(47(64)34-42)83-50(78)25-30-68-54(79)39-15-13-37(14-16-39)31-36(2)76-56(81)51(41-11-10-12-45(32-41)62(65,66)67)70-60(76)26-21-43(22-27-60)58(3,4)5/h10-20,32-34,36,43-44,48H,9,21-31,35H2,1-8H3,(H,68,79)(H,69,80)(H,72,73,74,75)/t36?,43?,44?,48-,60?,61?/m1/s1. The van der Waals surface area contributed by atoms with E-state index in [2.05, 4.69) is 72.8 Å². The molecule has 2 saturated carbocycles. The van der Waals surface area contributed by atoms with Gasteiger partial charge in [0.05, 0.1) is 29.6 Å². The van der Waals surface area contributed by atoms with Crippen LogP contribution in [0.3, 0.4) is 0 Å². The number of aliphatic imine (C=N–C) groups is 2. The van der Waals surface area contributed by atoms with Gasteiger partial charge in [0.2, 0.25) is 0 Å². The summed E-state index contributed by atoms with van der Waals surface area (Å²) in [6.07, 6.45) is 1.45. The van der Waals surface area contributed by atoms with Crippen LogP contribution in [-0.2, 0) is 33.5 Å². The molecule has 0 saturated heterocycles. The number of aromatic nitrogens is 4. The van der Waals surface area contributed by atoms with Gasteiger partial charge in [-0.1, -0.05) is 102 Å². The fourth-order valence-electron chi connectivity index (χ4n) is 12.6. The van der Waals surface area contributed by atoms with Gasteiger partial charge >= 0.3 is 12.1 Å². The molecule has 83 heavy (non-hydrogen) atoms. The van der Waals surface area contributed by atoms with Crippen molar-refractivity contribution >= 4 is 52.6 Å². The van der Waals surface area contributed by atoms with Crippen molar-refractivity contribution in [1.29, 1.82) is 0 Å². The molecule has 2 atom stereocenters. The number of halogens is 5. The molecular weight excluding hydrogens is 1090 g/mol. The summed E-state index contributed by atoms with van der Waals surface area (Å²) >= 11 is 6.66. The monoisotopic (exact) mass is 1160 g/mol. The summed E-state index contributed by atoms with van der Waals surface area (Å²) in [6, 6.07) is 20.1. The highest BCUT2D eigenvalue weighted by Crippen LogP contribution is 2.51. The van der Waals surface area contributed by atoms with Crippen molar-refractivity contribution in [3.63, 3.8) is 0 Å². The summed E-state index contributed by atoms with van der Waals surface area (Å²) in [7, 11) is 0. The van der Waals surface area contributed by atoms with Crippen molar-refractivity contribution in [2.45, 2.75) is 162 Å². The quantitative estimate of drug-likeness (QED) is 0.0488. The van der Waals surface area contributed by atoms with Crippen molar-refractivity contribution in [2.75, 3.05) is 6.54 Å². The van der Waals surface area contributed by atoms with Gasteiger partial charge in [-0.2, -0.15) is 18.4 Å². The van der Waals surface area contributed by atoms with Crippen molar-refractivity contribution < 1.29 is 46.3 Å². The largest absolute Gasteiger partial charge is 0.422 e. The number of hydrogen-bond donors (Lipinski definition) is 3. The third-order valence-electron chi connectivity index (χ3n) is 17.2. The number of carbonyl (C=O) groups excluding carboxylic acids is 5. The Morgan fingerprint density at radius 3 is 1.86 bits per heavy atom. The molecule has 2 aliphatic heterocycles. The normalized spacial score (nSPS) is 21.9. The van der Waals surface area contributed by atoms with Crippen LogP contribution in [0.2, 0.25) is 5.02 Å². The topological polar surface area (TPSA) is 204 Å². The van der Waals surface area contributed by atoms with Gasteiger partial charge < -0.3 is 25.2 Å². The van der Waals surface area contributed by atoms with Crippen LogP contribution in [0.1, 0.15) is 180 Å². The van der Waals surface area contributed by atoms with Crippen LogP contribution in [0, 0.1) is 28.5 Å². The Kier molecular flexibility index (Phi) is 17.2. The molecule has 2 spiro atoms. The Morgan fingerprint density at radius 1 is 0.759 bits per heavy atom. The van der Waals surface area contributed by atoms with Gasteiger partial charge in [-0.05, 0) is 153 Å². The number of hydrogen-bond acceptors (Lipinski definition) is 11. The highest BCUT2D eigenvalue weighted by Gasteiger charge is 2.54. The lowest BCUT2D eigenvalue weighted by Crippen LogP contribution is -2.54. The van der Waals surface area contributed by atoms with E-state index in [-0.39, 0.29) is 69.4 Å². The lowest BCUT2D eigenvalue weighted by molar-refractivity contribution is -0.138. The molecule has 16 nitrogen and oxygen atoms in total. The summed E-state index contributed by atoms with van der Waals surface area (Å²) in [5.74, 6) is -2.96. The molecule has 4 amide bonds. The minimum absolute atomic E-state index is 0.0210. The summed E-state index contributed by atoms with van der Waals surface area (Å²) in [4.78, 5) is 82.3. The SMILES string of the molecule is CC[C@H](c1ccc(C(=O)NCc2nn[nH]n2)cc1)N1C(=O)C(c2cc(F)c(OC(=O)CCNC(=O)c3ccc(CC(C)N4C(=O)C(c5cccc(C(F)(F)F)c5)=NC45CCC(C(C)(C)C)CC5)cc3)c(Cl)c2)=NC12CCC(C(C)(C)C)CC2. The number of aromatic amines is 1. The van der Waals surface area contributed by atoms with Gasteiger partial charge in [-0.15, -0.1) is 10.2 Å². The predicted molar refractivity (Wildman–Crippen MR) is 305 cm³/mol. The summed E-state index contributed by atoms with van der Waals surface area (Å²) in [5.41, 5.74) is -0.0595. The molecule has 4 aliphatic rings. The Balaban J connectivity index is 0.827. The van der Waals surface area contributed by atoms with Crippen LogP contribution in [0.15, 0.2) is 94.9 Å². The minimum atomic E-state index is -4.59. The third-order valence-corrected chi connectivity index (χ3v) is 17.5. The molecule has 440 valence electrons. The van der Waals surface area contributed by atoms with E-state index in [1.54, 1.807) is 41.3 Å². The first kappa shape index (κ1) is 60.2. The number of H-pyrrole nitrogens is 1. The third kappa shape index (κ3) is 12.9. The fourth-order valence-corrected chi connectivity index (χ4v) is 12.8. The molecule has 1 unspecified atom stereocenters. The van der Waals surface area contributed by atoms with Crippen LogP contribution < -0.4 is 15.4 Å². The first-order chi connectivity index (χ1) is 39.2. The first-order valence-corrected chi connectivity index (χ1v) is 28.8. The highest BCUT2D eigenvalue weighted by molar-refractivity contribution is 6.47. The second-order valence-corrected chi connectivity index (χ2v) is 25.1. The zero-order chi connectivity index (χ0) is 59.8. The smallest absolute Gasteiger partial charge is 0.416 e. The summed E-state index contributed by atoms with van der Waals surface area (Å²) in [5, 5.41) is 18.8. The maximum absolute atomic E-state index is 16.2. The Bertz CT molecular complexity index is 3280. The average molecular weight is 1160 g/mol. The molecule has 3 heterocycles. The van der Waals surface area contributed by atoms with Crippen molar-refractivity contribution in [2.24, 2.45) is 32.7 Å². The van der Waals surface area contributed by atoms with Crippen molar-refractivity contribution in [3.8, 4) is 5.75 Å². The fraction of sp³-hybridized carbons (Fsp3) is 0.484. The maximum atomic E-state index is 16.2. The number of tetrazole rings is 1. The van der Waals surface area contributed by atoms with Crippen molar-refractivity contribution in [3.05, 3.63) is 141 Å². The maximum Gasteiger partial charge on any atom is 0.416 e. The number of carbonyl (C=O) groups is 5. The Labute approximate surface area is 485 Å². The van der Waals surface area contributed by atoms with E-state index in [0.717, 1.165) is 55.0 Å². The summed E-state index contributed by atoms with van der Waals surface area (Å²) in [6.45, 7) is 17.0. The molecule has 0 bridgehead atoms. The van der Waals surface area contributed by atoms with Crippen molar-refractivity contribution in [1.82, 2.24) is 41.1 Å². The van der Waals surface area contributed by atoms with Gasteiger partial charge in [0, 0.05) is 34.8 Å². The van der Waals surface area contributed by atoms with Crippen LogP contribution >= 0.6 is 11.6 Å². The van der Waals surface area contributed by atoms with E-state index in [4.69, 9.17) is 26.3 Å². The second kappa shape index (κ2) is 23.7. The van der Waals surface area contributed by atoms with Gasteiger partial charge in [0.1, 0.15) is 22.7 Å². The van der Waals surface area contributed by atoms with E-state index < -0.39 is 70.4 Å². The first-order valence-electron chi connectivity index (χ1n) is 28.4. The van der Waals surface area contributed by atoms with Gasteiger partial charge in [0.15, 0.2) is 17.4 Å². The average Bonchev–Trinajstić information content (AvgIpc) is 4.03. The number of amides is 4. The molecule has 1 aromatic heterocycles. The zero-order valence-corrected chi connectivity index (χ0v) is 48.8. The molecule has 2 aliphatic carbocycles. The van der Waals surface area contributed by atoms with E-state index >= 15 is 4.39 Å². The van der Waals surface area contributed by atoms with Crippen LogP contribution in [0.25, 0.3) is 0 Å². The highest BCUT2D eigenvalue weighted by atomic mass is 35.5. The predicted octanol–water partition coefficient (Wildman–Crippen LogP) is 11.6. The zero-order valence-electron chi connectivity index (χ0n) is 48.1. The lowest BCUT2D eigenvalue weighted by atomic mass is 9.69. The Hall–Kier alpha value is -7.35. The van der Waals surface area contributed by atoms with E-state index in [1.807, 2.05) is 30.9 Å².